The summed E-state index contributed by atoms with van der Waals surface area (Å²) in [6.07, 6.45) is 0. The van der Waals surface area contributed by atoms with Crippen LogP contribution in [0.1, 0.15) is 0 Å². The number of methoxy groups -OCH3 is 1. The monoisotopic (exact) mass is 281 g/mol. The highest BCUT2D eigenvalue weighted by Crippen LogP contribution is 2.19. The first-order valence-electron chi connectivity index (χ1n) is 5.67. The predicted molar refractivity (Wildman–Crippen MR) is 76.8 cm³/mol. The van der Waals surface area contributed by atoms with Crippen LogP contribution in [0, 0.1) is 0 Å². The van der Waals surface area contributed by atoms with Crippen LogP contribution in [0.2, 0.25) is 0 Å². The summed E-state index contributed by atoms with van der Waals surface area (Å²) in [6, 6.07) is 10.7. The first-order chi connectivity index (χ1) is 8.74. The molecule has 0 spiro atoms. The van der Waals surface area contributed by atoms with Crippen LogP contribution in [-0.2, 0) is 6.54 Å². The molecule has 2 aromatic rings. The predicted octanol–water partition coefficient (Wildman–Crippen LogP) is 1.30. The van der Waals surface area contributed by atoms with Crippen LogP contribution >= 0.6 is 12.4 Å². The third kappa shape index (κ3) is 3.56. The van der Waals surface area contributed by atoms with Gasteiger partial charge in [0.1, 0.15) is 5.75 Å². The summed E-state index contributed by atoms with van der Waals surface area (Å²) in [7, 11) is 1.62. The summed E-state index contributed by atoms with van der Waals surface area (Å²) in [6.45, 7) is 0.807. The molecule has 1 aromatic heterocycles. The average molecular weight is 282 g/mol. The normalized spacial score (nSPS) is 9.79. The second-order valence-electron chi connectivity index (χ2n) is 3.80. The fourth-order valence-electron chi connectivity index (χ4n) is 1.65. The standard InChI is InChI=1S/C13H15N3O2.ClH/c1-18-11-4-2-10(3-5-11)12-6-7-13(17)16(15-12)9-8-14;/h2-7H,8-9,14H2,1H3;1H. The molecule has 2 rings (SSSR count). The van der Waals surface area contributed by atoms with Gasteiger partial charge in [0.05, 0.1) is 19.3 Å². The maximum absolute atomic E-state index is 11.5. The Bertz CT molecular complexity index is 581. The molecule has 0 aliphatic carbocycles. The fraction of sp³-hybridized carbons (Fsp3) is 0.231. The minimum Gasteiger partial charge on any atom is -0.497 e. The lowest BCUT2D eigenvalue weighted by Gasteiger charge is -2.06. The van der Waals surface area contributed by atoms with Crippen LogP contribution in [-0.4, -0.2) is 23.4 Å². The quantitative estimate of drug-likeness (QED) is 0.917. The van der Waals surface area contributed by atoms with E-state index >= 15 is 0 Å². The molecule has 0 unspecified atom stereocenters. The molecule has 6 heteroatoms. The Hall–Kier alpha value is -1.85. The Morgan fingerprint density at radius 1 is 1.21 bits per heavy atom. The van der Waals surface area contributed by atoms with Gasteiger partial charge in [-0.1, -0.05) is 0 Å². The summed E-state index contributed by atoms with van der Waals surface area (Å²) in [5.74, 6) is 0.786. The molecule has 0 atom stereocenters. The molecule has 0 amide bonds. The first-order valence-corrected chi connectivity index (χ1v) is 5.67. The minimum absolute atomic E-state index is 0. The van der Waals surface area contributed by atoms with Crippen molar-refractivity contribution in [3.8, 4) is 17.0 Å². The Labute approximate surface area is 117 Å². The summed E-state index contributed by atoms with van der Waals surface area (Å²) in [4.78, 5) is 11.5. The van der Waals surface area contributed by atoms with Crippen molar-refractivity contribution in [2.75, 3.05) is 13.7 Å². The minimum atomic E-state index is -0.141. The van der Waals surface area contributed by atoms with Crippen molar-refractivity contribution in [2.24, 2.45) is 5.73 Å². The van der Waals surface area contributed by atoms with Crippen molar-refractivity contribution < 1.29 is 4.74 Å². The van der Waals surface area contributed by atoms with E-state index in [4.69, 9.17) is 10.5 Å². The summed E-state index contributed by atoms with van der Waals surface area (Å²) in [5.41, 5.74) is 6.97. The number of nitrogens with zero attached hydrogens (tertiary/aromatic N) is 2. The lowest BCUT2D eigenvalue weighted by atomic mass is 10.1. The molecule has 1 heterocycles. The molecule has 19 heavy (non-hydrogen) atoms. The SMILES string of the molecule is COc1ccc(-c2ccc(=O)n(CCN)n2)cc1.Cl. The Balaban J connectivity index is 0.00000180. The molecule has 0 bridgehead atoms. The zero-order valence-electron chi connectivity index (χ0n) is 10.6. The van der Waals surface area contributed by atoms with Crippen molar-refractivity contribution in [2.45, 2.75) is 6.54 Å². The van der Waals surface area contributed by atoms with Gasteiger partial charge in [0.2, 0.25) is 0 Å². The number of benzene rings is 1. The van der Waals surface area contributed by atoms with Crippen molar-refractivity contribution >= 4 is 12.4 Å². The molecule has 1 aromatic carbocycles. The second-order valence-corrected chi connectivity index (χ2v) is 3.80. The summed E-state index contributed by atoms with van der Waals surface area (Å²) in [5, 5.41) is 4.27. The molecule has 0 fully saturated rings. The van der Waals surface area contributed by atoms with Crippen LogP contribution in [0.25, 0.3) is 11.3 Å². The van der Waals surface area contributed by atoms with Crippen molar-refractivity contribution in [3.63, 3.8) is 0 Å². The third-order valence-corrected chi connectivity index (χ3v) is 2.59. The topological polar surface area (TPSA) is 70.1 Å². The Morgan fingerprint density at radius 3 is 2.47 bits per heavy atom. The molecule has 0 saturated heterocycles. The lowest BCUT2D eigenvalue weighted by Crippen LogP contribution is -2.25. The number of nitrogens with two attached hydrogens (primary N) is 1. The number of hydrogen-bond acceptors (Lipinski definition) is 4. The fourth-order valence-corrected chi connectivity index (χ4v) is 1.65. The Morgan fingerprint density at radius 2 is 1.89 bits per heavy atom. The van der Waals surface area contributed by atoms with Crippen molar-refractivity contribution in [1.82, 2.24) is 9.78 Å². The number of rotatable bonds is 4. The molecule has 5 nitrogen and oxygen atoms in total. The van der Waals surface area contributed by atoms with Gasteiger partial charge < -0.3 is 10.5 Å². The van der Waals surface area contributed by atoms with Gasteiger partial charge in [0, 0.05) is 18.2 Å². The van der Waals surface area contributed by atoms with E-state index in [2.05, 4.69) is 5.10 Å². The van der Waals surface area contributed by atoms with Gasteiger partial charge in [-0.2, -0.15) is 5.10 Å². The van der Waals surface area contributed by atoms with Gasteiger partial charge in [0.15, 0.2) is 0 Å². The van der Waals surface area contributed by atoms with E-state index < -0.39 is 0 Å². The molecule has 0 saturated carbocycles. The number of ether oxygens (including phenoxy) is 1. The van der Waals surface area contributed by atoms with Gasteiger partial charge in [-0.3, -0.25) is 4.79 Å². The Kier molecular flexibility index (Phi) is 5.54. The van der Waals surface area contributed by atoms with Crippen LogP contribution in [0.5, 0.6) is 5.75 Å². The summed E-state index contributed by atoms with van der Waals surface area (Å²) >= 11 is 0. The number of aromatic nitrogens is 2. The molecular formula is C13H16ClN3O2. The zero-order valence-corrected chi connectivity index (χ0v) is 11.4. The molecule has 102 valence electrons. The third-order valence-electron chi connectivity index (χ3n) is 2.59. The van der Waals surface area contributed by atoms with Crippen molar-refractivity contribution in [3.05, 3.63) is 46.8 Å². The molecular weight excluding hydrogens is 266 g/mol. The molecule has 0 aliphatic rings. The highest BCUT2D eigenvalue weighted by molar-refractivity contribution is 5.85. The highest BCUT2D eigenvalue weighted by atomic mass is 35.5. The molecule has 2 N–H and O–H groups in total. The second kappa shape index (κ2) is 6.92. The van der Waals surface area contributed by atoms with E-state index in [-0.39, 0.29) is 18.0 Å². The van der Waals surface area contributed by atoms with Crippen LogP contribution in [0.3, 0.4) is 0 Å². The molecule has 0 radical (unpaired) electrons. The average Bonchev–Trinajstić information content (AvgIpc) is 2.42. The first kappa shape index (κ1) is 15.2. The van der Waals surface area contributed by atoms with Crippen LogP contribution < -0.4 is 16.0 Å². The van der Waals surface area contributed by atoms with E-state index in [1.54, 1.807) is 13.2 Å². The summed E-state index contributed by atoms with van der Waals surface area (Å²) < 4.78 is 6.47. The lowest BCUT2D eigenvalue weighted by molar-refractivity contribution is 0.415. The highest BCUT2D eigenvalue weighted by Gasteiger charge is 2.03. The van der Waals surface area contributed by atoms with Gasteiger partial charge in [0.25, 0.3) is 5.56 Å². The molecule has 0 aliphatic heterocycles. The largest absolute Gasteiger partial charge is 0.497 e. The number of hydrogen-bond donors (Lipinski definition) is 1. The van der Waals surface area contributed by atoms with Gasteiger partial charge in [-0.25, -0.2) is 4.68 Å². The van der Waals surface area contributed by atoms with Crippen molar-refractivity contribution in [1.29, 1.82) is 0 Å². The van der Waals surface area contributed by atoms with Gasteiger partial charge in [-0.05, 0) is 30.3 Å². The maximum Gasteiger partial charge on any atom is 0.266 e. The van der Waals surface area contributed by atoms with E-state index in [1.165, 1.54) is 10.7 Å². The van der Waals surface area contributed by atoms with Gasteiger partial charge >= 0.3 is 0 Å². The number of halogens is 1. The smallest absolute Gasteiger partial charge is 0.266 e. The van der Waals surface area contributed by atoms with Gasteiger partial charge in [-0.15, -0.1) is 12.4 Å². The zero-order chi connectivity index (χ0) is 13.0. The van der Waals surface area contributed by atoms with Crippen LogP contribution in [0.15, 0.2) is 41.2 Å². The van der Waals surface area contributed by atoms with E-state index in [9.17, 15) is 4.79 Å². The maximum atomic E-state index is 11.5. The van der Waals surface area contributed by atoms with Crippen LogP contribution in [0.4, 0.5) is 0 Å². The van der Waals surface area contributed by atoms with E-state index in [0.29, 0.717) is 13.1 Å². The van der Waals surface area contributed by atoms with E-state index in [1.807, 2.05) is 24.3 Å². The van der Waals surface area contributed by atoms with E-state index in [0.717, 1.165) is 17.0 Å².